The van der Waals surface area contributed by atoms with Gasteiger partial charge in [0.25, 0.3) is 0 Å². The van der Waals surface area contributed by atoms with Gasteiger partial charge < -0.3 is 37.7 Å². The highest BCUT2D eigenvalue weighted by Gasteiger charge is 2.63. The first-order chi connectivity index (χ1) is 37.0. The molecule has 3 saturated heterocycles. The van der Waals surface area contributed by atoms with E-state index in [2.05, 4.69) is 204 Å². The fraction of sp³-hybridized carbons (Fsp3) is 0.281. The summed E-state index contributed by atoms with van der Waals surface area (Å²) in [6.45, 7) is 24.4. The van der Waals surface area contributed by atoms with Crippen LogP contribution in [0.4, 0.5) is 34.1 Å². The molecular formula is C64H70B3BrN4O6. The van der Waals surface area contributed by atoms with Crippen molar-refractivity contribution in [1.29, 1.82) is 0 Å². The van der Waals surface area contributed by atoms with Gasteiger partial charge in [-0.15, -0.1) is 0 Å². The molecule has 11 rings (SSSR count). The Labute approximate surface area is 472 Å². The lowest BCUT2D eigenvalue weighted by Gasteiger charge is -2.32. The van der Waals surface area contributed by atoms with Crippen molar-refractivity contribution in [2.75, 3.05) is 9.80 Å². The second-order valence-electron chi connectivity index (χ2n) is 22.8. The van der Waals surface area contributed by atoms with Crippen molar-refractivity contribution < 1.29 is 27.9 Å². The third-order valence-electron chi connectivity index (χ3n) is 15.7. The summed E-state index contributed by atoms with van der Waals surface area (Å²) in [4.78, 5) is 13.7. The molecule has 2 aromatic heterocycles. The van der Waals surface area contributed by atoms with Crippen LogP contribution in [-0.4, -0.2) is 64.7 Å². The molecule has 8 aromatic rings. The van der Waals surface area contributed by atoms with Crippen LogP contribution in [0.25, 0.3) is 22.5 Å². The molecule has 6 aromatic carbocycles. The molecule has 0 atom stereocenters. The van der Waals surface area contributed by atoms with Gasteiger partial charge in [-0.05, 0) is 190 Å². The van der Waals surface area contributed by atoms with Crippen LogP contribution in [0.5, 0.6) is 0 Å². The van der Waals surface area contributed by atoms with Crippen LogP contribution < -0.4 is 15.3 Å². The predicted molar refractivity (Wildman–Crippen MR) is 324 cm³/mol. The third-order valence-corrected chi connectivity index (χ3v) is 16.2. The van der Waals surface area contributed by atoms with Crippen LogP contribution in [0.3, 0.4) is 0 Å². The van der Waals surface area contributed by atoms with Gasteiger partial charge in [-0.1, -0.05) is 103 Å². The van der Waals surface area contributed by atoms with E-state index in [4.69, 9.17) is 32.9 Å². The van der Waals surface area contributed by atoms with Crippen LogP contribution in [0.15, 0.2) is 211 Å². The van der Waals surface area contributed by atoms with Crippen molar-refractivity contribution in [3.63, 3.8) is 0 Å². The molecule has 398 valence electrons. The van der Waals surface area contributed by atoms with Gasteiger partial charge in [0, 0.05) is 67.6 Å². The second-order valence-corrected chi connectivity index (χ2v) is 23.7. The number of halogens is 1. The van der Waals surface area contributed by atoms with Crippen molar-refractivity contribution in [2.24, 2.45) is 0 Å². The van der Waals surface area contributed by atoms with Crippen LogP contribution in [0.2, 0.25) is 0 Å². The highest BCUT2D eigenvalue weighted by atomic mass is 79.9. The van der Waals surface area contributed by atoms with Gasteiger partial charge in [0.05, 0.1) is 45.0 Å². The fourth-order valence-electron chi connectivity index (χ4n) is 9.01. The summed E-state index contributed by atoms with van der Waals surface area (Å²) in [5, 5.41) is 0. The monoisotopic (exact) mass is 1100 g/mol. The summed E-state index contributed by atoms with van der Waals surface area (Å²) >= 11 is 3.43. The Morgan fingerprint density at radius 2 is 0.603 bits per heavy atom. The van der Waals surface area contributed by atoms with Crippen LogP contribution in [0, 0.1) is 0 Å². The van der Waals surface area contributed by atoms with E-state index in [1.807, 2.05) is 116 Å². The molecule has 0 bridgehead atoms. The van der Waals surface area contributed by atoms with Crippen molar-refractivity contribution in [2.45, 2.75) is 117 Å². The third kappa shape index (κ3) is 12.4. The lowest BCUT2D eigenvalue weighted by atomic mass is 9.49. The van der Waals surface area contributed by atoms with Crippen molar-refractivity contribution in [3.8, 4) is 22.5 Å². The van der Waals surface area contributed by atoms with Gasteiger partial charge in [-0.3, -0.25) is 9.97 Å². The zero-order valence-corrected chi connectivity index (χ0v) is 48.6. The molecule has 0 N–H and O–H groups in total. The normalized spacial score (nSPS) is 18.0. The maximum atomic E-state index is 6.15. The molecule has 0 spiro atoms. The van der Waals surface area contributed by atoms with Gasteiger partial charge in [0.2, 0.25) is 0 Å². The summed E-state index contributed by atoms with van der Waals surface area (Å²) < 4.78 is 37.1. The first-order valence-corrected chi connectivity index (χ1v) is 27.5. The van der Waals surface area contributed by atoms with E-state index in [0.29, 0.717) is 0 Å². The van der Waals surface area contributed by atoms with E-state index in [1.54, 1.807) is 0 Å². The fourth-order valence-corrected chi connectivity index (χ4v) is 9.24. The zero-order chi connectivity index (χ0) is 55.5. The smallest absolute Gasteiger partial charge is 0.405 e. The largest absolute Gasteiger partial charge is 0.496 e. The van der Waals surface area contributed by atoms with E-state index in [1.165, 1.54) is 0 Å². The average Bonchev–Trinajstić information content (AvgIpc) is 3.94. The van der Waals surface area contributed by atoms with Gasteiger partial charge in [0.15, 0.2) is 0 Å². The quantitative estimate of drug-likeness (QED) is 0.123. The summed E-state index contributed by atoms with van der Waals surface area (Å²) in [6, 6.07) is 66.7. The molecule has 0 amide bonds. The highest BCUT2D eigenvalue weighted by molar-refractivity contribution is 9.10. The Morgan fingerprint density at radius 3 is 0.885 bits per heavy atom. The molecule has 3 fully saturated rings. The van der Waals surface area contributed by atoms with Crippen molar-refractivity contribution in [3.05, 3.63) is 211 Å². The number of anilines is 6. The number of benzene rings is 6. The number of hydrogen-bond donors (Lipinski definition) is 0. The molecule has 0 radical (unpaired) electrons. The van der Waals surface area contributed by atoms with E-state index < -0.39 is 21.1 Å². The Balaban J connectivity index is 0.000000149. The zero-order valence-electron chi connectivity index (χ0n) is 47.0. The minimum Gasteiger partial charge on any atom is -0.405 e. The molecule has 3 aliphatic heterocycles. The summed E-state index contributed by atoms with van der Waals surface area (Å²) in [7, 11) is -1.36. The number of hydrogen-bond acceptors (Lipinski definition) is 10. The Kier molecular flexibility index (Phi) is 16.5. The number of nitrogens with zero attached hydrogens (tertiary/aromatic N) is 4. The summed E-state index contributed by atoms with van der Waals surface area (Å²) in [5.74, 6) is 0. The average molecular weight is 1100 g/mol. The molecule has 0 unspecified atom stereocenters. The first kappa shape index (κ1) is 56.4. The van der Waals surface area contributed by atoms with Gasteiger partial charge in [-0.25, -0.2) is 0 Å². The molecule has 78 heavy (non-hydrogen) atoms. The van der Waals surface area contributed by atoms with Crippen LogP contribution in [-0.2, 0) is 27.9 Å². The lowest BCUT2D eigenvalue weighted by Crippen LogP contribution is -2.41. The Morgan fingerprint density at radius 1 is 0.321 bits per heavy atom. The summed E-state index contributed by atoms with van der Waals surface area (Å²) in [5.41, 5.74) is 9.50. The molecular weight excluding hydrogens is 1030 g/mol. The van der Waals surface area contributed by atoms with Gasteiger partial charge in [0.1, 0.15) is 0 Å². The topological polar surface area (TPSA) is 87.6 Å². The standard InChI is InChI=1S/C29H29BN2O2.C23H17BrN2.C12H24B2O4/c1-28(2)29(3,4)34-30(33-28)23-17-20-27(31-21-23)22-15-18-26(19-16-22)32(24-11-7-5-8-12-24)25-13-9-6-10-14-25;24-19-13-16-23(25-17-19)18-11-14-22(15-12-18)26(20-7-3-1-4-8-20)21-9-5-2-6-10-21;1-9(2)10(3,4)16-13(15-9)14-17-11(5,6)12(7,8)18-14/h5-21H,1-4H3;1-17H;1-8H3. The second kappa shape index (κ2) is 22.8. The number of pyridine rings is 2. The Hall–Kier alpha value is -6.35. The molecule has 0 aliphatic carbocycles. The van der Waals surface area contributed by atoms with E-state index in [-0.39, 0.29) is 33.6 Å². The van der Waals surface area contributed by atoms with Crippen LogP contribution >= 0.6 is 15.9 Å². The summed E-state index contributed by atoms with van der Waals surface area (Å²) in [6.07, 6.45) is 3.68. The Bertz CT molecular complexity index is 3050. The SMILES string of the molecule is Brc1ccc(-c2ccc(N(c3ccccc3)c3ccccc3)cc2)nc1.CC1(C)OB(B2OC(C)(C)C(C)(C)O2)OC1(C)C.CC1(C)OB(c2ccc(-c3ccc(N(c4ccccc4)c4ccccc4)cc3)nc2)OC1(C)C. The van der Waals surface area contributed by atoms with Gasteiger partial charge in [-0.2, -0.15) is 0 Å². The predicted octanol–water partition coefficient (Wildman–Crippen LogP) is 15.7. The van der Waals surface area contributed by atoms with E-state index in [0.717, 1.165) is 66.6 Å². The maximum absolute atomic E-state index is 6.15. The number of para-hydroxylation sites is 4. The van der Waals surface area contributed by atoms with Crippen molar-refractivity contribution in [1.82, 2.24) is 9.97 Å². The lowest BCUT2D eigenvalue weighted by molar-refractivity contribution is 0.00578. The maximum Gasteiger partial charge on any atom is 0.496 e. The van der Waals surface area contributed by atoms with Crippen molar-refractivity contribution >= 4 is 76.7 Å². The number of aromatic nitrogens is 2. The highest BCUT2D eigenvalue weighted by Crippen LogP contribution is 2.44. The van der Waals surface area contributed by atoms with Gasteiger partial charge >= 0.3 is 21.1 Å². The minimum atomic E-state index is -0.476. The molecule has 5 heterocycles. The molecule has 14 heteroatoms. The first-order valence-electron chi connectivity index (χ1n) is 26.7. The molecule has 0 saturated carbocycles. The number of rotatable bonds is 10. The minimum absolute atomic E-state index is 0.360. The van der Waals surface area contributed by atoms with E-state index in [9.17, 15) is 0 Å². The molecule has 3 aliphatic rings. The van der Waals surface area contributed by atoms with E-state index >= 15 is 0 Å². The molecule has 10 nitrogen and oxygen atoms in total. The van der Waals surface area contributed by atoms with Crippen LogP contribution in [0.1, 0.15) is 83.1 Å².